The smallest absolute Gasteiger partial charge is 0.319 e. The first-order valence-electron chi connectivity index (χ1n) is 7.83. The van der Waals surface area contributed by atoms with Gasteiger partial charge in [0.25, 0.3) is 5.69 Å². The Morgan fingerprint density at radius 3 is 2.73 bits per heavy atom. The molecule has 2 amide bonds. The number of benzene rings is 2. The minimum atomic E-state index is -0.511. The van der Waals surface area contributed by atoms with Gasteiger partial charge in [-0.2, -0.15) is 0 Å². The van der Waals surface area contributed by atoms with Crippen molar-refractivity contribution in [1.82, 2.24) is 10.3 Å². The van der Waals surface area contributed by atoms with Crippen molar-refractivity contribution in [2.45, 2.75) is 13.5 Å². The van der Waals surface area contributed by atoms with Crippen LogP contribution in [0.25, 0.3) is 11.3 Å². The molecule has 0 aliphatic heterocycles. The highest BCUT2D eigenvalue weighted by atomic mass is 16.6. The number of oxazole rings is 1. The molecule has 0 fully saturated rings. The Morgan fingerprint density at radius 1 is 1.23 bits per heavy atom. The van der Waals surface area contributed by atoms with E-state index in [2.05, 4.69) is 15.6 Å². The third kappa shape index (κ3) is 4.04. The Morgan fingerprint density at radius 2 is 2.00 bits per heavy atom. The summed E-state index contributed by atoms with van der Waals surface area (Å²) in [4.78, 5) is 26.5. The van der Waals surface area contributed by atoms with Crippen LogP contribution in [0.5, 0.6) is 0 Å². The molecular formula is C18H16N4O4. The lowest BCUT2D eigenvalue weighted by molar-refractivity contribution is -0.385. The quantitative estimate of drug-likeness (QED) is 0.535. The molecular weight excluding hydrogens is 336 g/mol. The number of amides is 2. The Kier molecular flexibility index (Phi) is 4.93. The predicted molar refractivity (Wildman–Crippen MR) is 95.6 cm³/mol. The van der Waals surface area contributed by atoms with E-state index in [0.717, 1.165) is 5.56 Å². The molecule has 26 heavy (non-hydrogen) atoms. The first-order chi connectivity index (χ1) is 12.5. The summed E-state index contributed by atoms with van der Waals surface area (Å²) in [6.07, 6.45) is 1.59. The van der Waals surface area contributed by atoms with Gasteiger partial charge in [-0.05, 0) is 13.0 Å². The number of aryl methyl sites for hydroxylation is 1. The van der Waals surface area contributed by atoms with E-state index in [-0.39, 0.29) is 12.2 Å². The zero-order valence-corrected chi connectivity index (χ0v) is 13.9. The van der Waals surface area contributed by atoms with Crippen molar-refractivity contribution >= 4 is 17.4 Å². The van der Waals surface area contributed by atoms with Crippen LogP contribution in [0.4, 0.5) is 16.2 Å². The Bertz CT molecular complexity index is 937. The topological polar surface area (TPSA) is 110 Å². The number of hydrogen-bond donors (Lipinski definition) is 2. The number of hydrogen-bond acceptors (Lipinski definition) is 5. The number of aromatic nitrogens is 1. The Balaban J connectivity index is 1.59. The molecule has 1 aromatic heterocycles. The highest BCUT2D eigenvalue weighted by Gasteiger charge is 2.13. The van der Waals surface area contributed by atoms with Gasteiger partial charge in [0, 0.05) is 22.9 Å². The highest BCUT2D eigenvalue weighted by molar-refractivity contribution is 5.89. The Hall–Kier alpha value is -3.68. The van der Waals surface area contributed by atoms with Crippen molar-refractivity contribution in [3.05, 3.63) is 76.3 Å². The average molecular weight is 352 g/mol. The van der Waals surface area contributed by atoms with Gasteiger partial charge in [0.2, 0.25) is 5.89 Å². The lowest BCUT2D eigenvalue weighted by atomic mass is 10.2. The van der Waals surface area contributed by atoms with Crippen LogP contribution in [0.2, 0.25) is 0 Å². The first kappa shape index (κ1) is 17.2. The van der Waals surface area contributed by atoms with Gasteiger partial charge in [-0.1, -0.05) is 36.4 Å². The SMILES string of the molecule is Cc1ccc(NC(=O)NCc2ncc(-c3ccccc3)o2)cc1[N+](=O)[O-]. The standard InChI is InChI=1S/C18H16N4O4/c1-12-7-8-14(9-15(12)22(24)25)21-18(23)20-11-17-19-10-16(26-17)13-5-3-2-4-6-13/h2-10H,11H2,1H3,(H2,20,21,23). The molecule has 3 rings (SSSR count). The minimum Gasteiger partial charge on any atom is -0.439 e. The van der Waals surface area contributed by atoms with E-state index >= 15 is 0 Å². The predicted octanol–water partition coefficient (Wildman–Crippen LogP) is 3.88. The minimum absolute atomic E-state index is 0.0528. The summed E-state index contributed by atoms with van der Waals surface area (Å²) in [6, 6.07) is 13.5. The molecule has 0 radical (unpaired) electrons. The fourth-order valence-electron chi connectivity index (χ4n) is 2.34. The van der Waals surface area contributed by atoms with E-state index in [1.807, 2.05) is 30.3 Å². The maximum absolute atomic E-state index is 12.0. The molecule has 2 N–H and O–H groups in total. The van der Waals surface area contributed by atoms with Crippen molar-refractivity contribution in [3.63, 3.8) is 0 Å². The molecule has 8 heteroatoms. The van der Waals surface area contributed by atoms with E-state index < -0.39 is 11.0 Å². The fraction of sp³-hybridized carbons (Fsp3) is 0.111. The first-order valence-corrected chi connectivity index (χ1v) is 7.83. The molecule has 1 heterocycles. The molecule has 0 saturated heterocycles. The van der Waals surface area contributed by atoms with Crippen molar-refractivity contribution in [1.29, 1.82) is 0 Å². The van der Waals surface area contributed by atoms with Crippen molar-refractivity contribution in [3.8, 4) is 11.3 Å². The maximum atomic E-state index is 12.0. The second-order valence-corrected chi connectivity index (χ2v) is 5.55. The molecule has 3 aromatic rings. The summed E-state index contributed by atoms with van der Waals surface area (Å²) in [5.41, 5.74) is 1.69. The zero-order chi connectivity index (χ0) is 18.5. The third-order valence-corrected chi connectivity index (χ3v) is 3.68. The van der Waals surface area contributed by atoms with Gasteiger partial charge in [0.05, 0.1) is 17.7 Å². The van der Waals surface area contributed by atoms with Crippen LogP contribution in [0, 0.1) is 17.0 Å². The van der Waals surface area contributed by atoms with E-state index in [1.54, 1.807) is 25.3 Å². The van der Waals surface area contributed by atoms with Gasteiger partial charge >= 0.3 is 6.03 Å². The molecule has 132 valence electrons. The number of anilines is 1. The number of urea groups is 1. The number of nitro groups is 1. The average Bonchev–Trinajstić information content (AvgIpc) is 3.11. The molecule has 2 aromatic carbocycles. The van der Waals surface area contributed by atoms with E-state index in [1.165, 1.54) is 6.07 Å². The van der Waals surface area contributed by atoms with Gasteiger partial charge in [0.15, 0.2) is 5.76 Å². The lowest BCUT2D eigenvalue weighted by Gasteiger charge is -2.07. The number of nitrogens with one attached hydrogen (secondary N) is 2. The largest absolute Gasteiger partial charge is 0.439 e. The lowest BCUT2D eigenvalue weighted by Crippen LogP contribution is -2.28. The van der Waals surface area contributed by atoms with E-state index in [0.29, 0.717) is 22.9 Å². The fourth-order valence-corrected chi connectivity index (χ4v) is 2.34. The Labute approximate surface area is 149 Å². The van der Waals surface area contributed by atoms with Crippen molar-refractivity contribution < 1.29 is 14.1 Å². The summed E-state index contributed by atoms with van der Waals surface area (Å²) in [5, 5.41) is 16.1. The number of nitro benzene ring substituents is 1. The van der Waals surface area contributed by atoms with Gasteiger partial charge in [-0.25, -0.2) is 9.78 Å². The van der Waals surface area contributed by atoms with Gasteiger partial charge in [0.1, 0.15) is 0 Å². The number of rotatable bonds is 5. The number of nitrogens with zero attached hydrogens (tertiary/aromatic N) is 2. The van der Waals surface area contributed by atoms with Crippen molar-refractivity contribution in [2.24, 2.45) is 0 Å². The molecule has 0 saturated carbocycles. The van der Waals surface area contributed by atoms with E-state index in [9.17, 15) is 14.9 Å². The molecule has 8 nitrogen and oxygen atoms in total. The van der Waals surface area contributed by atoms with Crippen LogP contribution in [0.15, 0.2) is 59.1 Å². The zero-order valence-electron chi connectivity index (χ0n) is 13.9. The van der Waals surface area contributed by atoms with Crippen LogP contribution in [-0.4, -0.2) is 15.9 Å². The summed E-state index contributed by atoms with van der Waals surface area (Å²) in [6.45, 7) is 1.72. The van der Waals surface area contributed by atoms with Gasteiger partial charge < -0.3 is 15.1 Å². The van der Waals surface area contributed by atoms with Crippen molar-refractivity contribution in [2.75, 3.05) is 5.32 Å². The van der Waals surface area contributed by atoms with Crippen LogP contribution >= 0.6 is 0 Å². The van der Waals surface area contributed by atoms with Crippen LogP contribution in [-0.2, 0) is 6.54 Å². The normalized spacial score (nSPS) is 10.3. The van der Waals surface area contributed by atoms with Crippen LogP contribution in [0.1, 0.15) is 11.5 Å². The number of carbonyl (C=O) groups excluding carboxylic acids is 1. The molecule has 0 aliphatic rings. The van der Waals surface area contributed by atoms with Crippen LogP contribution in [0.3, 0.4) is 0 Å². The van der Waals surface area contributed by atoms with Gasteiger partial charge in [-0.3, -0.25) is 10.1 Å². The van der Waals surface area contributed by atoms with E-state index in [4.69, 9.17) is 4.42 Å². The molecule has 0 bridgehead atoms. The van der Waals surface area contributed by atoms with Gasteiger partial charge in [-0.15, -0.1) is 0 Å². The van der Waals surface area contributed by atoms with Crippen LogP contribution < -0.4 is 10.6 Å². The summed E-state index contributed by atoms with van der Waals surface area (Å²) < 4.78 is 5.59. The second kappa shape index (κ2) is 7.47. The second-order valence-electron chi connectivity index (χ2n) is 5.55. The summed E-state index contributed by atoms with van der Waals surface area (Å²) in [7, 11) is 0. The number of carbonyl (C=O) groups is 1. The monoisotopic (exact) mass is 352 g/mol. The third-order valence-electron chi connectivity index (χ3n) is 3.68. The highest BCUT2D eigenvalue weighted by Crippen LogP contribution is 2.22. The summed E-state index contributed by atoms with van der Waals surface area (Å²) >= 11 is 0. The molecule has 0 atom stereocenters. The molecule has 0 spiro atoms. The summed E-state index contributed by atoms with van der Waals surface area (Å²) in [5.74, 6) is 0.964. The molecule has 0 aliphatic carbocycles. The maximum Gasteiger partial charge on any atom is 0.319 e. The molecule has 0 unspecified atom stereocenters.